The van der Waals surface area contributed by atoms with Gasteiger partial charge in [-0.25, -0.2) is 9.97 Å². The van der Waals surface area contributed by atoms with E-state index in [1.807, 2.05) is 6.92 Å². The van der Waals surface area contributed by atoms with Crippen LogP contribution in [0.2, 0.25) is 0 Å². The van der Waals surface area contributed by atoms with Gasteiger partial charge in [-0.15, -0.1) is 0 Å². The highest BCUT2D eigenvalue weighted by Gasteiger charge is 2.56. The number of amides is 1. The first kappa shape index (κ1) is 24.0. The Kier molecular flexibility index (Phi) is 5.86. The Morgan fingerprint density at radius 2 is 2.06 bits per heavy atom. The molecule has 0 N–H and O–H groups in total. The van der Waals surface area contributed by atoms with Crippen LogP contribution in [0, 0.1) is 6.92 Å². The SMILES string of the molecule is CCOc1ncc(-c2cc(C)c3c(n2)[C@@]2(CCCO2)N(c2cnn(CC(F)(F)F)c2)C3=O)cc1OC. The van der Waals surface area contributed by atoms with Crippen LogP contribution in [0.4, 0.5) is 18.9 Å². The standard InChI is InChI=1S/C24H24F3N5O4/c1-4-35-21-18(34-3)9-15(10-28-21)17-8-14(2)19-20(30-17)23(6-5-7-36-23)32(22(19)33)16-11-29-31(12-16)13-24(25,26)27/h8-12H,4-7,13H2,1-3H3/t23-/m0/s1. The number of rotatable bonds is 6. The summed E-state index contributed by atoms with van der Waals surface area (Å²) >= 11 is 0. The first-order valence-electron chi connectivity index (χ1n) is 11.4. The zero-order chi connectivity index (χ0) is 25.7. The number of anilines is 1. The molecule has 0 aromatic carbocycles. The number of fused-ring (bicyclic) bond motifs is 2. The predicted molar refractivity (Wildman–Crippen MR) is 122 cm³/mol. The maximum atomic E-state index is 13.6. The second-order valence-corrected chi connectivity index (χ2v) is 8.60. The normalized spacial score (nSPS) is 19.3. The first-order valence-corrected chi connectivity index (χ1v) is 11.4. The van der Waals surface area contributed by atoms with Gasteiger partial charge in [0, 0.05) is 24.4 Å². The molecule has 1 fully saturated rings. The summed E-state index contributed by atoms with van der Waals surface area (Å²) in [5.41, 5.74) is 1.65. The van der Waals surface area contributed by atoms with E-state index in [2.05, 4.69) is 10.1 Å². The van der Waals surface area contributed by atoms with Gasteiger partial charge in [0.15, 0.2) is 11.5 Å². The number of hydrogen-bond donors (Lipinski definition) is 0. The van der Waals surface area contributed by atoms with E-state index in [4.69, 9.17) is 19.2 Å². The van der Waals surface area contributed by atoms with E-state index < -0.39 is 24.4 Å². The molecular formula is C24H24F3N5O4. The van der Waals surface area contributed by atoms with Crippen molar-refractivity contribution in [2.45, 2.75) is 45.1 Å². The summed E-state index contributed by atoms with van der Waals surface area (Å²) in [5, 5.41) is 3.82. The zero-order valence-corrected chi connectivity index (χ0v) is 19.9. The van der Waals surface area contributed by atoms with E-state index in [0.717, 1.165) is 4.68 Å². The average Bonchev–Trinajstić information content (AvgIpc) is 3.53. The number of pyridine rings is 2. The Labute approximate surface area is 204 Å². The average molecular weight is 503 g/mol. The van der Waals surface area contributed by atoms with Gasteiger partial charge < -0.3 is 14.2 Å². The Bertz CT molecular complexity index is 1320. The third-order valence-corrected chi connectivity index (χ3v) is 6.20. The van der Waals surface area contributed by atoms with E-state index in [1.165, 1.54) is 24.4 Å². The van der Waals surface area contributed by atoms with Crippen molar-refractivity contribution >= 4 is 11.6 Å². The second-order valence-electron chi connectivity index (χ2n) is 8.60. The highest BCUT2D eigenvalue weighted by atomic mass is 19.4. The third-order valence-electron chi connectivity index (χ3n) is 6.20. The zero-order valence-electron chi connectivity index (χ0n) is 19.9. The van der Waals surface area contributed by atoms with Crippen molar-refractivity contribution in [3.05, 3.63) is 47.5 Å². The Balaban J connectivity index is 1.60. The summed E-state index contributed by atoms with van der Waals surface area (Å²) in [5.74, 6) is 0.405. The Morgan fingerprint density at radius 1 is 1.25 bits per heavy atom. The van der Waals surface area contributed by atoms with Crippen LogP contribution in [0.5, 0.6) is 11.6 Å². The van der Waals surface area contributed by atoms with Gasteiger partial charge in [-0.05, 0) is 38.0 Å². The molecule has 0 unspecified atom stereocenters. The topological polar surface area (TPSA) is 91.6 Å². The number of hydrogen-bond acceptors (Lipinski definition) is 7. The summed E-state index contributed by atoms with van der Waals surface area (Å²) < 4.78 is 56.5. The molecule has 0 bridgehead atoms. The summed E-state index contributed by atoms with van der Waals surface area (Å²) in [6.07, 6.45) is 0.719. The molecule has 36 heavy (non-hydrogen) atoms. The van der Waals surface area contributed by atoms with Crippen molar-refractivity contribution in [1.29, 1.82) is 0 Å². The summed E-state index contributed by atoms with van der Waals surface area (Å²) in [4.78, 5) is 24.2. The lowest BCUT2D eigenvalue weighted by Crippen LogP contribution is -2.43. The van der Waals surface area contributed by atoms with Gasteiger partial charge in [-0.1, -0.05) is 0 Å². The Hall–Kier alpha value is -3.67. The van der Waals surface area contributed by atoms with Crippen molar-refractivity contribution in [2.24, 2.45) is 0 Å². The van der Waals surface area contributed by atoms with E-state index >= 15 is 0 Å². The lowest BCUT2D eigenvalue weighted by molar-refractivity contribution is -0.142. The number of nitrogens with zero attached hydrogens (tertiary/aromatic N) is 5. The van der Waals surface area contributed by atoms with Gasteiger partial charge in [0.1, 0.15) is 12.2 Å². The van der Waals surface area contributed by atoms with Crippen LogP contribution in [0.1, 0.15) is 41.4 Å². The number of carbonyl (C=O) groups excluding carboxylic acids is 1. The minimum Gasteiger partial charge on any atom is -0.491 e. The van der Waals surface area contributed by atoms with Crippen LogP contribution in [0.25, 0.3) is 11.3 Å². The summed E-state index contributed by atoms with van der Waals surface area (Å²) in [7, 11) is 1.52. The van der Waals surface area contributed by atoms with Gasteiger partial charge in [-0.2, -0.15) is 18.3 Å². The van der Waals surface area contributed by atoms with Crippen LogP contribution >= 0.6 is 0 Å². The molecule has 0 saturated carbocycles. The van der Waals surface area contributed by atoms with Gasteiger partial charge in [0.25, 0.3) is 11.8 Å². The molecule has 0 aliphatic carbocycles. The van der Waals surface area contributed by atoms with Crippen molar-refractivity contribution in [2.75, 3.05) is 25.2 Å². The third kappa shape index (κ3) is 3.94. The van der Waals surface area contributed by atoms with E-state index in [9.17, 15) is 18.0 Å². The molecule has 5 rings (SSSR count). The maximum Gasteiger partial charge on any atom is 0.408 e. The van der Waals surface area contributed by atoms with Gasteiger partial charge in [0.05, 0.1) is 43.5 Å². The lowest BCUT2D eigenvalue weighted by Gasteiger charge is -2.33. The van der Waals surface area contributed by atoms with Crippen LogP contribution < -0.4 is 14.4 Å². The molecule has 1 spiro atoms. The van der Waals surface area contributed by atoms with Crippen LogP contribution in [0.15, 0.2) is 30.7 Å². The summed E-state index contributed by atoms with van der Waals surface area (Å²) in [6.45, 7) is 3.18. The van der Waals surface area contributed by atoms with Gasteiger partial charge >= 0.3 is 6.18 Å². The summed E-state index contributed by atoms with van der Waals surface area (Å²) in [6, 6.07) is 3.52. The molecule has 1 amide bonds. The molecule has 12 heteroatoms. The fraction of sp³-hybridized carbons (Fsp3) is 0.417. The molecule has 190 valence electrons. The minimum atomic E-state index is -4.44. The molecule has 2 aliphatic heterocycles. The molecule has 3 aromatic rings. The van der Waals surface area contributed by atoms with E-state index in [1.54, 1.807) is 25.3 Å². The maximum absolute atomic E-state index is 13.6. The second kappa shape index (κ2) is 8.77. The minimum absolute atomic E-state index is 0.217. The predicted octanol–water partition coefficient (Wildman–Crippen LogP) is 4.24. The molecule has 1 saturated heterocycles. The highest BCUT2D eigenvalue weighted by Crippen LogP contribution is 2.49. The first-order chi connectivity index (χ1) is 17.2. The molecule has 1 atom stereocenters. The van der Waals surface area contributed by atoms with Crippen LogP contribution in [0.3, 0.4) is 0 Å². The molecule has 0 radical (unpaired) electrons. The number of aromatic nitrogens is 4. The molecule has 2 aliphatic rings. The van der Waals surface area contributed by atoms with Crippen LogP contribution in [-0.2, 0) is 17.0 Å². The molecule has 5 heterocycles. The number of halogens is 3. The van der Waals surface area contributed by atoms with Gasteiger partial charge in [0.2, 0.25) is 0 Å². The fourth-order valence-electron chi connectivity index (χ4n) is 4.77. The number of methoxy groups -OCH3 is 1. The monoisotopic (exact) mass is 503 g/mol. The van der Waals surface area contributed by atoms with Crippen molar-refractivity contribution in [1.82, 2.24) is 19.7 Å². The largest absolute Gasteiger partial charge is 0.491 e. The van der Waals surface area contributed by atoms with E-state index in [0.29, 0.717) is 65.8 Å². The lowest BCUT2D eigenvalue weighted by atomic mass is 9.99. The number of aryl methyl sites for hydroxylation is 1. The van der Waals surface area contributed by atoms with Crippen molar-refractivity contribution < 1.29 is 32.2 Å². The number of carbonyl (C=O) groups is 1. The van der Waals surface area contributed by atoms with Crippen molar-refractivity contribution in [3.8, 4) is 22.9 Å². The van der Waals surface area contributed by atoms with Crippen LogP contribution in [-0.4, -0.2) is 52.2 Å². The number of alkyl halides is 3. The smallest absolute Gasteiger partial charge is 0.408 e. The fourth-order valence-corrected chi connectivity index (χ4v) is 4.77. The molecule has 9 nitrogen and oxygen atoms in total. The highest BCUT2D eigenvalue weighted by molar-refractivity contribution is 6.12. The molecular weight excluding hydrogens is 479 g/mol. The van der Waals surface area contributed by atoms with E-state index in [-0.39, 0.29) is 5.69 Å². The Morgan fingerprint density at radius 3 is 2.72 bits per heavy atom. The van der Waals surface area contributed by atoms with Gasteiger partial charge in [-0.3, -0.25) is 14.4 Å². The molecule has 3 aromatic heterocycles. The van der Waals surface area contributed by atoms with Crippen molar-refractivity contribution in [3.63, 3.8) is 0 Å². The quantitative estimate of drug-likeness (QED) is 0.497. The number of ether oxygens (including phenoxy) is 3.